The molecular formula is C11H11Cl2NO4S. The molecule has 0 radical (unpaired) electrons. The average molecular weight is 324 g/mol. The van der Waals surface area contributed by atoms with Crippen LogP contribution in [0, 0.1) is 0 Å². The van der Waals surface area contributed by atoms with E-state index in [1.54, 1.807) is 0 Å². The number of hydrogen-bond donors (Lipinski definition) is 0. The summed E-state index contributed by atoms with van der Waals surface area (Å²) in [6, 6.07) is 1.89. The van der Waals surface area contributed by atoms with Crippen LogP contribution in [0.1, 0.15) is 5.56 Å². The molecule has 0 bridgehead atoms. The van der Waals surface area contributed by atoms with Crippen LogP contribution < -0.4 is 0 Å². The van der Waals surface area contributed by atoms with Crippen LogP contribution >= 0.6 is 23.2 Å². The quantitative estimate of drug-likeness (QED) is 0.738. The maximum Gasteiger partial charge on any atom is 0.324 e. The van der Waals surface area contributed by atoms with Crippen LogP contribution in [0.5, 0.6) is 0 Å². The molecule has 5 nitrogen and oxygen atoms in total. The molecule has 1 heterocycles. The van der Waals surface area contributed by atoms with Gasteiger partial charge in [-0.3, -0.25) is 4.79 Å². The van der Waals surface area contributed by atoms with Gasteiger partial charge in [-0.25, -0.2) is 8.42 Å². The highest BCUT2D eigenvalue weighted by Crippen LogP contribution is 2.35. The zero-order valence-corrected chi connectivity index (χ0v) is 12.5. The van der Waals surface area contributed by atoms with Crippen LogP contribution in [-0.4, -0.2) is 38.9 Å². The lowest BCUT2D eigenvalue weighted by molar-refractivity contribution is -0.144. The van der Waals surface area contributed by atoms with Gasteiger partial charge in [-0.15, -0.1) is 0 Å². The lowest BCUT2D eigenvalue weighted by atomic mass is 10.1. The van der Waals surface area contributed by atoms with Crippen LogP contribution in [0.4, 0.5) is 0 Å². The minimum atomic E-state index is -3.77. The van der Waals surface area contributed by atoms with Crippen LogP contribution in [0.25, 0.3) is 0 Å². The Bertz CT molecular complexity index is 644. The molecule has 104 valence electrons. The highest BCUT2D eigenvalue weighted by Gasteiger charge is 2.40. The van der Waals surface area contributed by atoms with E-state index in [2.05, 4.69) is 4.74 Å². The second-order valence-electron chi connectivity index (χ2n) is 4.14. The Labute approximate surface area is 121 Å². The highest BCUT2D eigenvalue weighted by atomic mass is 35.5. The SMILES string of the molecule is COC(=O)C1Cc2cc(Cl)c(Cl)cc2S(=O)(=O)N1C. The number of esters is 1. The number of carbonyl (C=O) groups excluding carboxylic acids is 1. The van der Waals surface area contributed by atoms with E-state index in [4.69, 9.17) is 23.2 Å². The van der Waals surface area contributed by atoms with Gasteiger partial charge in [0.15, 0.2) is 0 Å². The second-order valence-corrected chi connectivity index (χ2v) is 6.92. The van der Waals surface area contributed by atoms with Gasteiger partial charge >= 0.3 is 5.97 Å². The number of ether oxygens (including phenoxy) is 1. The molecule has 0 aliphatic carbocycles. The first kappa shape index (κ1) is 14.6. The van der Waals surface area contributed by atoms with Crippen molar-refractivity contribution in [2.75, 3.05) is 14.2 Å². The van der Waals surface area contributed by atoms with E-state index >= 15 is 0 Å². The fraction of sp³-hybridized carbons (Fsp3) is 0.364. The molecule has 0 saturated carbocycles. The minimum Gasteiger partial charge on any atom is -0.468 e. The molecule has 19 heavy (non-hydrogen) atoms. The molecule has 1 aliphatic rings. The molecule has 1 aromatic rings. The van der Waals surface area contributed by atoms with Crippen LogP contribution in [-0.2, 0) is 26.0 Å². The number of benzene rings is 1. The molecule has 2 rings (SSSR count). The van der Waals surface area contributed by atoms with Gasteiger partial charge in [0.25, 0.3) is 0 Å². The van der Waals surface area contributed by atoms with Gasteiger partial charge in [-0.2, -0.15) is 4.31 Å². The summed E-state index contributed by atoms with van der Waals surface area (Å²) in [6.45, 7) is 0. The van der Waals surface area contributed by atoms with Crippen LogP contribution in [0.3, 0.4) is 0 Å². The van der Waals surface area contributed by atoms with Gasteiger partial charge in [0.1, 0.15) is 6.04 Å². The molecule has 1 aliphatic heterocycles. The summed E-state index contributed by atoms with van der Waals surface area (Å²) in [6.07, 6.45) is 0.203. The molecular weight excluding hydrogens is 313 g/mol. The van der Waals surface area contributed by atoms with Gasteiger partial charge in [0.05, 0.1) is 22.1 Å². The van der Waals surface area contributed by atoms with Gasteiger partial charge in [0, 0.05) is 13.5 Å². The van der Waals surface area contributed by atoms with Crippen LogP contribution in [0.2, 0.25) is 10.0 Å². The molecule has 1 aromatic carbocycles. The van der Waals surface area contributed by atoms with Crippen molar-refractivity contribution < 1.29 is 17.9 Å². The number of rotatable bonds is 1. The first-order chi connectivity index (χ1) is 8.78. The molecule has 0 amide bonds. The Morgan fingerprint density at radius 2 is 1.95 bits per heavy atom. The molecule has 0 aromatic heterocycles. The monoisotopic (exact) mass is 323 g/mol. The Morgan fingerprint density at radius 1 is 1.37 bits per heavy atom. The largest absolute Gasteiger partial charge is 0.468 e. The van der Waals surface area contributed by atoms with E-state index in [0.717, 1.165) is 4.31 Å². The van der Waals surface area contributed by atoms with Gasteiger partial charge in [-0.1, -0.05) is 23.2 Å². The summed E-state index contributed by atoms with van der Waals surface area (Å²) in [7, 11) is -1.22. The number of likely N-dealkylation sites (N-methyl/N-ethyl adjacent to an activating group) is 1. The van der Waals surface area contributed by atoms with E-state index in [1.165, 1.54) is 26.3 Å². The van der Waals surface area contributed by atoms with Gasteiger partial charge in [-0.05, 0) is 17.7 Å². The highest BCUT2D eigenvalue weighted by molar-refractivity contribution is 7.89. The summed E-state index contributed by atoms with van der Waals surface area (Å²) >= 11 is 11.7. The Morgan fingerprint density at radius 3 is 2.53 bits per heavy atom. The molecule has 1 atom stereocenters. The lowest BCUT2D eigenvalue weighted by Gasteiger charge is -2.31. The Balaban J connectivity index is 2.62. The van der Waals surface area contributed by atoms with Crippen molar-refractivity contribution in [3.63, 3.8) is 0 Å². The summed E-state index contributed by atoms with van der Waals surface area (Å²) in [5, 5.41) is 0.415. The number of fused-ring (bicyclic) bond motifs is 1. The minimum absolute atomic E-state index is 0.0737. The Hall–Kier alpha value is -0.820. The number of hydrogen-bond acceptors (Lipinski definition) is 4. The number of sulfonamides is 1. The molecule has 8 heteroatoms. The zero-order valence-electron chi connectivity index (χ0n) is 10.2. The Kier molecular flexibility index (Phi) is 3.79. The van der Waals surface area contributed by atoms with Crippen molar-refractivity contribution in [3.05, 3.63) is 27.7 Å². The fourth-order valence-corrected chi connectivity index (χ4v) is 3.96. The smallest absolute Gasteiger partial charge is 0.324 e. The number of methoxy groups -OCH3 is 1. The van der Waals surface area contributed by atoms with Gasteiger partial charge < -0.3 is 4.74 Å². The van der Waals surface area contributed by atoms with E-state index in [-0.39, 0.29) is 21.4 Å². The lowest BCUT2D eigenvalue weighted by Crippen LogP contribution is -2.47. The average Bonchev–Trinajstić information content (AvgIpc) is 2.36. The molecule has 1 unspecified atom stereocenters. The van der Waals surface area contributed by atoms with E-state index < -0.39 is 22.0 Å². The summed E-state index contributed by atoms with van der Waals surface area (Å²) in [5.41, 5.74) is 0.461. The summed E-state index contributed by atoms with van der Waals surface area (Å²) < 4.78 is 30.2. The van der Waals surface area contributed by atoms with E-state index in [1.807, 2.05) is 0 Å². The van der Waals surface area contributed by atoms with Crippen molar-refractivity contribution in [2.24, 2.45) is 0 Å². The number of carbonyl (C=O) groups is 1. The standard InChI is InChI=1S/C11H11Cl2NO4S/c1-14-9(11(15)18-2)4-6-3-7(12)8(13)5-10(6)19(14,16)17/h3,5,9H,4H2,1-2H3. The molecule has 0 N–H and O–H groups in total. The predicted octanol–water partition coefficient (Wildman–Crippen LogP) is 1.71. The fourth-order valence-electron chi connectivity index (χ4n) is 2.00. The van der Waals surface area contributed by atoms with Crippen molar-refractivity contribution in [1.29, 1.82) is 0 Å². The molecule has 0 fully saturated rings. The first-order valence-corrected chi connectivity index (χ1v) is 7.52. The third-order valence-corrected chi connectivity index (χ3v) is 5.76. The van der Waals surface area contributed by atoms with Crippen molar-refractivity contribution >= 4 is 39.2 Å². The van der Waals surface area contributed by atoms with E-state index in [0.29, 0.717) is 5.56 Å². The predicted molar refractivity (Wildman–Crippen MR) is 70.9 cm³/mol. The zero-order chi connectivity index (χ0) is 14.4. The van der Waals surface area contributed by atoms with Crippen molar-refractivity contribution in [3.8, 4) is 0 Å². The van der Waals surface area contributed by atoms with E-state index in [9.17, 15) is 13.2 Å². The molecule has 0 spiro atoms. The topological polar surface area (TPSA) is 63.7 Å². The first-order valence-electron chi connectivity index (χ1n) is 5.33. The summed E-state index contributed by atoms with van der Waals surface area (Å²) in [5.74, 6) is -0.609. The maximum absolute atomic E-state index is 12.3. The van der Waals surface area contributed by atoms with Crippen molar-refractivity contribution in [2.45, 2.75) is 17.4 Å². The second kappa shape index (κ2) is 4.94. The van der Waals surface area contributed by atoms with Crippen LogP contribution in [0.15, 0.2) is 17.0 Å². The number of nitrogens with zero attached hydrogens (tertiary/aromatic N) is 1. The normalized spacial score (nSPS) is 21.8. The number of halogens is 2. The summed E-state index contributed by atoms with van der Waals surface area (Å²) in [4.78, 5) is 11.7. The van der Waals surface area contributed by atoms with Gasteiger partial charge in [0.2, 0.25) is 10.0 Å². The van der Waals surface area contributed by atoms with Crippen molar-refractivity contribution in [1.82, 2.24) is 4.31 Å². The maximum atomic E-state index is 12.3. The molecule has 0 saturated heterocycles. The third-order valence-electron chi connectivity index (χ3n) is 3.09. The third kappa shape index (κ3) is 2.33.